The van der Waals surface area contributed by atoms with Gasteiger partial charge in [0.05, 0.1) is 5.69 Å². The van der Waals surface area contributed by atoms with Crippen molar-refractivity contribution >= 4 is 17.6 Å². The molecule has 0 saturated carbocycles. The molecule has 1 aliphatic rings. The Hall–Kier alpha value is -0.810. The first kappa shape index (κ1) is 15.6. The van der Waals surface area contributed by atoms with Crippen LogP contribution in [0.5, 0.6) is 0 Å². The lowest BCUT2D eigenvalue weighted by Crippen LogP contribution is -2.14. The lowest BCUT2D eigenvalue weighted by Gasteiger charge is -2.18. The van der Waals surface area contributed by atoms with E-state index in [1.54, 1.807) is 0 Å². The fourth-order valence-electron chi connectivity index (χ4n) is 2.35. The predicted molar refractivity (Wildman–Crippen MR) is 85.1 cm³/mol. The van der Waals surface area contributed by atoms with E-state index in [0.29, 0.717) is 6.61 Å². The Morgan fingerprint density at radius 1 is 1.20 bits per heavy atom. The lowest BCUT2D eigenvalue weighted by molar-refractivity contribution is 0.0493. The second-order valence-corrected chi connectivity index (χ2v) is 5.99. The van der Waals surface area contributed by atoms with Gasteiger partial charge in [0.25, 0.3) is 0 Å². The standard InChI is InChI=1S/C15H25N3OS/c1-4-7-13(19-6-3)15-17-12-10-20-9-11(12)14(18-15)16-8-5-2/h13H,4-10H2,1-3H3,(H,16,17,18). The molecule has 0 bridgehead atoms. The fourth-order valence-corrected chi connectivity index (χ4v) is 3.40. The Balaban J connectivity index is 2.28. The number of hydrogen-bond donors (Lipinski definition) is 1. The first-order valence-corrected chi connectivity index (χ1v) is 8.78. The summed E-state index contributed by atoms with van der Waals surface area (Å²) in [6, 6.07) is 0. The molecule has 0 saturated heterocycles. The average molecular weight is 295 g/mol. The van der Waals surface area contributed by atoms with Crippen LogP contribution >= 0.6 is 11.8 Å². The number of ether oxygens (including phenoxy) is 1. The molecular formula is C15H25N3OS. The summed E-state index contributed by atoms with van der Waals surface area (Å²) in [5.41, 5.74) is 2.48. The highest BCUT2D eigenvalue weighted by molar-refractivity contribution is 7.98. The molecule has 0 radical (unpaired) electrons. The fraction of sp³-hybridized carbons (Fsp3) is 0.733. The number of nitrogens with zero attached hydrogens (tertiary/aromatic N) is 2. The number of fused-ring (bicyclic) bond motifs is 1. The minimum atomic E-state index is 0.0306. The minimum Gasteiger partial charge on any atom is -0.371 e. The first-order valence-electron chi connectivity index (χ1n) is 7.63. The van der Waals surface area contributed by atoms with Gasteiger partial charge in [-0.2, -0.15) is 11.8 Å². The van der Waals surface area contributed by atoms with Crippen LogP contribution in [0.25, 0.3) is 0 Å². The van der Waals surface area contributed by atoms with Gasteiger partial charge in [-0.15, -0.1) is 0 Å². The second kappa shape index (κ2) is 7.84. The Morgan fingerprint density at radius 2 is 2.05 bits per heavy atom. The molecule has 1 aromatic heterocycles. The van der Waals surface area contributed by atoms with E-state index in [0.717, 1.165) is 49.0 Å². The highest BCUT2D eigenvalue weighted by atomic mass is 32.2. The quantitative estimate of drug-likeness (QED) is 0.787. The van der Waals surface area contributed by atoms with E-state index < -0.39 is 0 Å². The Labute approximate surface area is 126 Å². The molecule has 1 atom stereocenters. The average Bonchev–Trinajstić information content (AvgIpc) is 2.92. The second-order valence-electron chi connectivity index (χ2n) is 5.01. The smallest absolute Gasteiger partial charge is 0.159 e. The van der Waals surface area contributed by atoms with Gasteiger partial charge < -0.3 is 10.1 Å². The van der Waals surface area contributed by atoms with Crippen LogP contribution in [0.4, 0.5) is 5.82 Å². The third-order valence-electron chi connectivity index (χ3n) is 3.34. The number of hydrogen-bond acceptors (Lipinski definition) is 5. The highest BCUT2D eigenvalue weighted by Gasteiger charge is 2.23. The predicted octanol–water partition coefficient (Wildman–Crippen LogP) is 3.92. The third-order valence-corrected chi connectivity index (χ3v) is 4.31. The number of rotatable bonds is 8. The molecule has 1 aromatic rings. The van der Waals surface area contributed by atoms with Crippen LogP contribution in [0.15, 0.2) is 0 Å². The van der Waals surface area contributed by atoms with Crippen molar-refractivity contribution in [3.8, 4) is 0 Å². The van der Waals surface area contributed by atoms with E-state index >= 15 is 0 Å². The van der Waals surface area contributed by atoms with Crippen molar-refractivity contribution in [2.45, 2.75) is 57.6 Å². The summed E-state index contributed by atoms with van der Waals surface area (Å²) >= 11 is 1.91. The molecule has 112 valence electrons. The van der Waals surface area contributed by atoms with Crippen LogP contribution in [-0.2, 0) is 16.2 Å². The maximum atomic E-state index is 5.83. The van der Waals surface area contributed by atoms with Gasteiger partial charge in [-0.3, -0.25) is 0 Å². The van der Waals surface area contributed by atoms with Crippen molar-refractivity contribution in [1.82, 2.24) is 9.97 Å². The van der Waals surface area contributed by atoms with Gasteiger partial charge >= 0.3 is 0 Å². The van der Waals surface area contributed by atoms with Crippen molar-refractivity contribution < 1.29 is 4.74 Å². The van der Waals surface area contributed by atoms with Gasteiger partial charge in [0, 0.05) is 30.2 Å². The Bertz CT molecular complexity index is 433. The molecule has 1 aliphatic heterocycles. The lowest BCUT2D eigenvalue weighted by atomic mass is 10.1. The molecule has 2 heterocycles. The van der Waals surface area contributed by atoms with E-state index in [-0.39, 0.29) is 6.10 Å². The summed E-state index contributed by atoms with van der Waals surface area (Å²) in [5, 5.41) is 3.45. The van der Waals surface area contributed by atoms with Crippen molar-refractivity contribution in [3.05, 3.63) is 17.1 Å². The van der Waals surface area contributed by atoms with E-state index in [1.165, 1.54) is 11.3 Å². The normalized spacial score (nSPS) is 15.2. The maximum Gasteiger partial charge on any atom is 0.159 e. The molecular weight excluding hydrogens is 270 g/mol. The Morgan fingerprint density at radius 3 is 2.75 bits per heavy atom. The van der Waals surface area contributed by atoms with Crippen LogP contribution in [0, 0.1) is 0 Å². The minimum absolute atomic E-state index is 0.0306. The topological polar surface area (TPSA) is 47.0 Å². The van der Waals surface area contributed by atoms with Crippen molar-refractivity contribution in [2.24, 2.45) is 0 Å². The van der Waals surface area contributed by atoms with Crippen LogP contribution in [0.1, 0.15) is 63.2 Å². The van der Waals surface area contributed by atoms with Gasteiger partial charge in [0.1, 0.15) is 11.9 Å². The molecule has 4 nitrogen and oxygen atoms in total. The van der Waals surface area contributed by atoms with Crippen LogP contribution in [0.2, 0.25) is 0 Å². The monoisotopic (exact) mass is 295 g/mol. The first-order chi connectivity index (χ1) is 9.80. The highest BCUT2D eigenvalue weighted by Crippen LogP contribution is 2.34. The molecule has 5 heteroatoms. The third kappa shape index (κ3) is 3.64. The molecule has 0 aliphatic carbocycles. The molecule has 2 rings (SSSR count). The number of nitrogens with one attached hydrogen (secondary N) is 1. The maximum absolute atomic E-state index is 5.83. The molecule has 0 amide bonds. The largest absolute Gasteiger partial charge is 0.371 e. The van der Waals surface area contributed by atoms with Crippen molar-refractivity contribution in [2.75, 3.05) is 18.5 Å². The van der Waals surface area contributed by atoms with Gasteiger partial charge in [0.15, 0.2) is 5.82 Å². The zero-order chi connectivity index (χ0) is 14.4. The molecule has 1 unspecified atom stereocenters. The van der Waals surface area contributed by atoms with E-state index in [4.69, 9.17) is 14.7 Å². The molecule has 1 N–H and O–H groups in total. The number of anilines is 1. The summed E-state index contributed by atoms with van der Waals surface area (Å²) in [6.07, 6.45) is 3.19. The molecule has 0 spiro atoms. The van der Waals surface area contributed by atoms with Crippen molar-refractivity contribution in [1.29, 1.82) is 0 Å². The van der Waals surface area contributed by atoms with Gasteiger partial charge in [0.2, 0.25) is 0 Å². The van der Waals surface area contributed by atoms with Crippen LogP contribution < -0.4 is 5.32 Å². The zero-order valence-electron chi connectivity index (χ0n) is 12.7. The van der Waals surface area contributed by atoms with Gasteiger partial charge in [-0.05, 0) is 19.8 Å². The van der Waals surface area contributed by atoms with E-state index in [9.17, 15) is 0 Å². The summed E-state index contributed by atoms with van der Waals surface area (Å²) in [5.74, 6) is 3.90. The number of aromatic nitrogens is 2. The van der Waals surface area contributed by atoms with Gasteiger partial charge in [-0.1, -0.05) is 20.3 Å². The summed E-state index contributed by atoms with van der Waals surface area (Å²) < 4.78 is 5.83. The van der Waals surface area contributed by atoms with Crippen LogP contribution in [0.3, 0.4) is 0 Å². The molecule has 0 aromatic carbocycles. The summed E-state index contributed by atoms with van der Waals surface area (Å²) in [6.45, 7) is 8.04. The van der Waals surface area contributed by atoms with E-state index in [1.807, 2.05) is 18.7 Å². The van der Waals surface area contributed by atoms with Gasteiger partial charge in [-0.25, -0.2) is 9.97 Å². The molecule has 0 fully saturated rings. The van der Waals surface area contributed by atoms with Crippen molar-refractivity contribution in [3.63, 3.8) is 0 Å². The number of thioether (sulfide) groups is 1. The van der Waals surface area contributed by atoms with Crippen LogP contribution in [-0.4, -0.2) is 23.1 Å². The van der Waals surface area contributed by atoms with E-state index in [2.05, 4.69) is 19.2 Å². The summed E-state index contributed by atoms with van der Waals surface area (Å²) in [4.78, 5) is 9.52. The zero-order valence-corrected chi connectivity index (χ0v) is 13.6. The summed E-state index contributed by atoms with van der Waals surface area (Å²) in [7, 11) is 0. The Kier molecular flexibility index (Phi) is 6.10. The molecule has 20 heavy (non-hydrogen) atoms. The SMILES string of the molecule is CCCNc1nc(C(CCC)OCC)nc2c1CSC2.